The van der Waals surface area contributed by atoms with E-state index in [1.165, 1.54) is 6.07 Å². The third-order valence-corrected chi connectivity index (χ3v) is 7.17. The van der Waals surface area contributed by atoms with E-state index in [9.17, 15) is 13.2 Å². The predicted molar refractivity (Wildman–Crippen MR) is 135 cm³/mol. The Kier molecular flexibility index (Phi) is 7.88. The molecule has 182 valence electrons. The van der Waals surface area contributed by atoms with Gasteiger partial charge in [0.2, 0.25) is 0 Å². The van der Waals surface area contributed by atoms with E-state index in [0.717, 1.165) is 54.6 Å². The number of hydrogen-bond donors (Lipinski definition) is 2. The molecule has 1 fully saturated rings. The van der Waals surface area contributed by atoms with Crippen molar-refractivity contribution in [3.63, 3.8) is 0 Å². The number of hydrogen-bond acceptors (Lipinski definition) is 5. The standard InChI is InChI=1S/C26H31F3N4S/c1-33(2)23-15-25(32-22-9-5-4-8-21(22)23)31-20-13-11-18(12-14-20)16-30-17-19-7-3-6-10-24(19)34-26(27,28)29/h3-10,15,18,20,30H,11-14,16-17H2,1-2H3,(H,31,32)/t18-,20+. The Bertz CT molecular complexity index is 1090. The van der Waals surface area contributed by atoms with Gasteiger partial charge in [0.25, 0.3) is 0 Å². The summed E-state index contributed by atoms with van der Waals surface area (Å²) in [6.45, 7) is 1.27. The first-order valence-corrected chi connectivity index (χ1v) is 12.5. The van der Waals surface area contributed by atoms with E-state index in [0.29, 0.717) is 24.1 Å². The second-order valence-electron chi connectivity index (χ2n) is 9.09. The van der Waals surface area contributed by atoms with E-state index in [1.807, 2.05) is 32.3 Å². The molecule has 34 heavy (non-hydrogen) atoms. The first kappa shape index (κ1) is 24.7. The molecule has 1 aromatic heterocycles. The summed E-state index contributed by atoms with van der Waals surface area (Å²) in [7, 11) is 4.09. The molecule has 1 saturated carbocycles. The molecule has 4 rings (SSSR count). The lowest BCUT2D eigenvalue weighted by Crippen LogP contribution is -2.31. The molecule has 0 spiro atoms. The zero-order chi connectivity index (χ0) is 24.1. The van der Waals surface area contributed by atoms with Gasteiger partial charge in [-0.1, -0.05) is 36.4 Å². The van der Waals surface area contributed by atoms with Crippen molar-refractivity contribution in [2.24, 2.45) is 5.92 Å². The molecule has 3 aromatic rings. The van der Waals surface area contributed by atoms with E-state index >= 15 is 0 Å². The molecule has 0 amide bonds. The number of benzene rings is 2. The number of pyridine rings is 1. The number of anilines is 2. The Morgan fingerprint density at radius 3 is 2.44 bits per heavy atom. The van der Waals surface area contributed by atoms with Crippen LogP contribution in [-0.4, -0.2) is 37.2 Å². The summed E-state index contributed by atoms with van der Waals surface area (Å²) in [5, 5.41) is 8.16. The van der Waals surface area contributed by atoms with Gasteiger partial charge in [0.1, 0.15) is 5.82 Å². The second-order valence-corrected chi connectivity index (χ2v) is 10.2. The zero-order valence-corrected chi connectivity index (χ0v) is 20.3. The molecule has 0 unspecified atom stereocenters. The molecule has 4 nitrogen and oxygen atoms in total. The van der Waals surface area contributed by atoms with Crippen molar-refractivity contribution in [2.75, 3.05) is 30.9 Å². The summed E-state index contributed by atoms with van der Waals surface area (Å²) in [6.07, 6.45) is 4.27. The van der Waals surface area contributed by atoms with Crippen molar-refractivity contribution >= 4 is 34.2 Å². The first-order chi connectivity index (χ1) is 16.3. The molecule has 8 heteroatoms. The smallest absolute Gasteiger partial charge is 0.377 e. The predicted octanol–water partition coefficient (Wildman–Crippen LogP) is 6.67. The number of thioether (sulfide) groups is 1. The minimum absolute atomic E-state index is 0.0394. The van der Waals surface area contributed by atoms with Gasteiger partial charge < -0.3 is 15.5 Å². The van der Waals surface area contributed by atoms with Crippen LogP contribution in [0.1, 0.15) is 31.2 Å². The number of alkyl halides is 3. The maximum Gasteiger partial charge on any atom is 0.446 e. The zero-order valence-electron chi connectivity index (χ0n) is 19.5. The van der Waals surface area contributed by atoms with Crippen molar-refractivity contribution in [3.05, 3.63) is 60.2 Å². The monoisotopic (exact) mass is 488 g/mol. The number of nitrogens with zero attached hydrogens (tertiary/aromatic N) is 2. The Balaban J connectivity index is 1.28. The summed E-state index contributed by atoms with van der Waals surface area (Å²) < 4.78 is 38.4. The van der Waals surface area contributed by atoms with Crippen LogP contribution in [0, 0.1) is 5.92 Å². The van der Waals surface area contributed by atoms with Gasteiger partial charge in [-0.2, -0.15) is 13.2 Å². The molecule has 0 saturated heterocycles. The quantitative estimate of drug-likeness (QED) is 0.347. The van der Waals surface area contributed by atoms with Gasteiger partial charge in [0.15, 0.2) is 0 Å². The fraction of sp³-hybridized carbons (Fsp3) is 0.423. The summed E-state index contributed by atoms with van der Waals surface area (Å²) >= 11 is -0.0394. The van der Waals surface area contributed by atoms with Gasteiger partial charge in [-0.3, -0.25) is 0 Å². The maximum atomic E-state index is 12.8. The number of fused-ring (bicyclic) bond motifs is 1. The average Bonchev–Trinajstić information content (AvgIpc) is 2.80. The Morgan fingerprint density at radius 2 is 1.71 bits per heavy atom. The fourth-order valence-corrected chi connectivity index (χ4v) is 5.27. The molecule has 0 radical (unpaired) electrons. The highest BCUT2D eigenvalue weighted by Crippen LogP contribution is 2.38. The van der Waals surface area contributed by atoms with Crippen molar-refractivity contribution in [1.82, 2.24) is 10.3 Å². The average molecular weight is 489 g/mol. The van der Waals surface area contributed by atoms with Gasteiger partial charge in [0, 0.05) is 48.7 Å². The topological polar surface area (TPSA) is 40.2 Å². The molecule has 0 atom stereocenters. The van der Waals surface area contributed by atoms with Gasteiger partial charge in [0.05, 0.1) is 5.52 Å². The van der Waals surface area contributed by atoms with Crippen LogP contribution in [0.4, 0.5) is 24.7 Å². The van der Waals surface area contributed by atoms with Crippen LogP contribution in [0.5, 0.6) is 0 Å². The van der Waals surface area contributed by atoms with E-state index < -0.39 is 5.51 Å². The Hall–Kier alpha value is -2.45. The van der Waals surface area contributed by atoms with Crippen molar-refractivity contribution in [2.45, 2.75) is 48.7 Å². The minimum Gasteiger partial charge on any atom is -0.377 e. The van der Waals surface area contributed by atoms with Gasteiger partial charge in [-0.15, -0.1) is 0 Å². The van der Waals surface area contributed by atoms with Crippen LogP contribution in [0.15, 0.2) is 59.5 Å². The summed E-state index contributed by atoms with van der Waals surface area (Å²) in [6, 6.07) is 17.4. The van der Waals surface area contributed by atoms with Gasteiger partial charge >= 0.3 is 5.51 Å². The Morgan fingerprint density at radius 1 is 1.00 bits per heavy atom. The number of aromatic nitrogens is 1. The van der Waals surface area contributed by atoms with E-state index in [4.69, 9.17) is 4.98 Å². The molecule has 2 N–H and O–H groups in total. The second kappa shape index (κ2) is 10.9. The van der Waals surface area contributed by atoms with Crippen LogP contribution < -0.4 is 15.5 Å². The van der Waals surface area contributed by atoms with Crippen molar-refractivity contribution in [3.8, 4) is 0 Å². The van der Waals surface area contributed by atoms with Crippen LogP contribution in [0.3, 0.4) is 0 Å². The lowest BCUT2D eigenvalue weighted by Gasteiger charge is -2.30. The Labute approximate surface area is 203 Å². The third kappa shape index (κ3) is 6.57. The largest absolute Gasteiger partial charge is 0.446 e. The van der Waals surface area contributed by atoms with E-state index in [-0.39, 0.29) is 16.7 Å². The van der Waals surface area contributed by atoms with Crippen LogP contribution in [0.2, 0.25) is 0 Å². The maximum absolute atomic E-state index is 12.8. The van der Waals surface area contributed by atoms with Crippen LogP contribution in [0.25, 0.3) is 10.9 Å². The van der Waals surface area contributed by atoms with Gasteiger partial charge in [-0.25, -0.2) is 4.98 Å². The fourth-order valence-electron chi connectivity index (χ4n) is 4.61. The van der Waals surface area contributed by atoms with Crippen LogP contribution >= 0.6 is 11.8 Å². The number of rotatable bonds is 8. The normalized spacial score (nSPS) is 18.7. The summed E-state index contributed by atoms with van der Waals surface area (Å²) in [5.41, 5.74) is -1.44. The number of halogens is 3. The van der Waals surface area contributed by atoms with E-state index in [2.05, 4.69) is 27.7 Å². The van der Waals surface area contributed by atoms with Gasteiger partial charge in [-0.05, 0) is 67.6 Å². The highest BCUT2D eigenvalue weighted by Gasteiger charge is 2.30. The molecule has 0 bridgehead atoms. The highest BCUT2D eigenvalue weighted by molar-refractivity contribution is 8.00. The molecular weight excluding hydrogens is 457 g/mol. The summed E-state index contributed by atoms with van der Waals surface area (Å²) in [5.74, 6) is 1.44. The molecular formula is C26H31F3N4S. The molecule has 0 aliphatic heterocycles. The lowest BCUT2D eigenvalue weighted by atomic mass is 9.86. The summed E-state index contributed by atoms with van der Waals surface area (Å²) in [4.78, 5) is 7.20. The first-order valence-electron chi connectivity index (χ1n) is 11.7. The van der Waals surface area contributed by atoms with Crippen molar-refractivity contribution in [1.29, 1.82) is 0 Å². The lowest BCUT2D eigenvalue weighted by molar-refractivity contribution is -0.0328. The minimum atomic E-state index is -4.27. The SMILES string of the molecule is CN(C)c1cc(N[C@H]2CC[C@@H](CNCc3ccccc3SC(F)(F)F)CC2)nc2ccccc12. The third-order valence-electron chi connectivity index (χ3n) is 6.32. The highest BCUT2D eigenvalue weighted by atomic mass is 32.2. The van der Waals surface area contributed by atoms with Crippen molar-refractivity contribution < 1.29 is 13.2 Å². The molecule has 1 aliphatic carbocycles. The molecule has 1 heterocycles. The molecule has 2 aromatic carbocycles. The molecule has 1 aliphatic rings. The number of nitrogens with one attached hydrogen (secondary N) is 2. The van der Waals surface area contributed by atoms with Crippen LogP contribution in [-0.2, 0) is 6.54 Å². The number of para-hydroxylation sites is 1. The van der Waals surface area contributed by atoms with E-state index in [1.54, 1.807) is 18.2 Å².